The number of nitrogens with zero attached hydrogens (tertiary/aromatic N) is 1. The molecule has 0 aliphatic rings. The Kier molecular flexibility index (Phi) is 3.32. The van der Waals surface area contributed by atoms with Crippen molar-refractivity contribution in [2.45, 2.75) is 13.3 Å². The zero-order valence-corrected chi connectivity index (χ0v) is 8.03. The second-order valence-electron chi connectivity index (χ2n) is 2.79. The van der Waals surface area contributed by atoms with Crippen LogP contribution >= 0.6 is 0 Å². The molecule has 1 nitrogen and oxygen atoms in total. The number of anilines is 1. The van der Waals surface area contributed by atoms with Crippen LogP contribution in [0.4, 0.5) is 5.69 Å². The van der Waals surface area contributed by atoms with E-state index in [1.165, 1.54) is 5.56 Å². The summed E-state index contributed by atoms with van der Waals surface area (Å²) in [4.78, 5) is 1.89. The molecule has 1 aromatic rings. The molecule has 0 radical (unpaired) electrons. The van der Waals surface area contributed by atoms with Gasteiger partial charge in [0.25, 0.3) is 0 Å². The van der Waals surface area contributed by atoms with E-state index in [2.05, 4.69) is 44.3 Å². The van der Waals surface area contributed by atoms with Crippen molar-refractivity contribution in [3.8, 4) is 0 Å². The Morgan fingerprint density at radius 3 is 2.08 bits per heavy atom. The Labute approximate surface area is 80.0 Å². The summed E-state index contributed by atoms with van der Waals surface area (Å²) < 4.78 is 0. The average molecular weight is 173 g/mol. The number of aryl methyl sites for hydroxylation is 1. The van der Waals surface area contributed by atoms with Crippen LogP contribution < -0.4 is 4.90 Å². The fraction of sp³-hybridized carbons (Fsp3) is 0.167. The van der Waals surface area contributed by atoms with E-state index in [-0.39, 0.29) is 0 Å². The lowest BCUT2D eigenvalue weighted by Crippen LogP contribution is -2.04. The molecule has 0 bridgehead atoms. The Morgan fingerprint density at radius 1 is 1.15 bits per heavy atom. The van der Waals surface area contributed by atoms with Crippen LogP contribution in [-0.2, 0) is 6.42 Å². The highest BCUT2D eigenvalue weighted by atomic mass is 15.1. The predicted molar refractivity (Wildman–Crippen MR) is 58.7 cm³/mol. The summed E-state index contributed by atoms with van der Waals surface area (Å²) in [6, 6.07) is 8.38. The molecule has 0 saturated heterocycles. The van der Waals surface area contributed by atoms with Gasteiger partial charge in [0.05, 0.1) is 0 Å². The Hall–Kier alpha value is -1.50. The van der Waals surface area contributed by atoms with Gasteiger partial charge in [-0.1, -0.05) is 32.2 Å². The summed E-state index contributed by atoms with van der Waals surface area (Å²) in [6.45, 7) is 9.56. The lowest BCUT2D eigenvalue weighted by atomic mass is 10.1. The van der Waals surface area contributed by atoms with Gasteiger partial charge < -0.3 is 4.90 Å². The lowest BCUT2D eigenvalue weighted by molar-refractivity contribution is 1.14. The quantitative estimate of drug-likeness (QED) is 0.675. The zero-order valence-electron chi connectivity index (χ0n) is 8.03. The van der Waals surface area contributed by atoms with Crippen LogP contribution in [0.3, 0.4) is 0 Å². The molecule has 68 valence electrons. The molecule has 13 heavy (non-hydrogen) atoms. The van der Waals surface area contributed by atoms with Crippen LogP contribution in [0.5, 0.6) is 0 Å². The topological polar surface area (TPSA) is 3.24 Å². The first-order valence-electron chi connectivity index (χ1n) is 4.44. The smallest absolute Gasteiger partial charge is 0.0449 e. The number of rotatable bonds is 4. The van der Waals surface area contributed by atoms with Crippen molar-refractivity contribution in [2.24, 2.45) is 0 Å². The van der Waals surface area contributed by atoms with E-state index in [1.54, 1.807) is 12.4 Å². The van der Waals surface area contributed by atoms with Crippen molar-refractivity contribution in [2.75, 3.05) is 4.90 Å². The Morgan fingerprint density at radius 2 is 1.69 bits per heavy atom. The maximum Gasteiger partial charge on any atom is 0.0449 e. The first kappa shape index (κ1) is 9.59. The number of hydrogen-bond donors (Lipinski definition) is 0. The van der Waals surface area contributed by atoms with Gasteiger partial charge in [0, 0.05) is 18.1 Å². The van der Waals surface area contributed by atoms with Gasteiger partial charge in [-0.05, 0) is 24.1 Å². The highest BCUT2D eigenvalue weighted by Crippen LogP contribution is 2.15. The Bertz CT molecular complexity index is 276. The van der Waals surface area contributed by atoms with Crippen LogP contribution in [0.25, 0.3) is 0 Å². The van der Waals surface area contributed by atoms with Crippen LogP contribution in [0.2, 0.25) is 0 Å². The molecule has 0 atom stereocenters. The van der Waals surface area contributed by atoms with Crippen LogP contribution in [0.15, 0.2) is 49.8 Å². The maximum absolute atomic E-state index is 3.71. The van der Waals surface area contributed by atoms with Gasteiger partial charge in [-0.15, -0.1) is 0 Å². The third-order valence-electron chi connectivity index (χ3n) is 2.04. The maximum atomic E-state index is 3.71. The molecule has 0 aromatic heterocycles. The van der Waals surface area contributed by atoms with E-state index in [0.29, 0.717) is 0 Å². The van der Waals surface area contributed by atoms with E-state index in [0.717, 1.165) is 12.1 Å². The van der Waals surface area contributed by atoms with Crippen LogP contribution in [-0.4, -0.2) is 0 Å². The van der Waals surface area contributed by atoms with Gasteiger partial charge in [0.15, 0.2) is 0 Å². The third kappa shape index (κ3) is 2.22. The second-order valence-corrected chi connectivity index (χ2v) is 2.79. The molecule has 0 saturated carbocycles. The molecular formula is C12H15N. The van der Waals surface area contributed by atoms with Gasteiger partial charge in [0.1, 0.15) is 0 Å². The molecule has 0 amide bonds. The summed E-state index contributed by atoms with van der Waals surface area (Å²) in [5, 5.41) is 0. The highest BCUT2D eigenvalue weighted by Gasteiger charge is 1.96. The third-order valence-corrected chi connectivity index (χ3v) is 2.04. The molecule has 0 spiro atoms. The molecule has 0 heterocycles. The first-order chi connectivity index (χ1) is 6.31. The van der Waals surface area contributed by atoms with Crippen molar-refractivity contribution in [1.29, 1.82) is 0 Å². The number of benzene rings is 1. The molecule has 0 aliphatic carbocycles. The van der Waals surface area contributed by atoms with E-state index < -0.39 is 0 Å². The number of hydrogen-bond acceptors (Lipinski definition) is 1. The zero-order chi connectivity index (χ0) is 9.68. The predicted octanol–water partition coefficient (Wildman–Crippen LogP) is 3.34. The first-order valence-corrected chi connectivity index (χ1v) is 4.44. The van der Waals surface area contributed by atoms with Crippen molar-refractivity contribution >= 4 is 5.69 Å². The minimum atomic E-state index is 1.07. The van der Waals surface area contributed by atoms with E-state index in [9.17, 15) is 0 Å². The van der Waals surface area contributed by atoms with Crippen LogP contribution in [0.1, 0.15) is 12.5 Å². The summed E-state index contributed by atoms with van der Waals surface area (Å²) >= 11 is 0. The standard InChI is InChI=1S/C12H15N/c1-4-11-7-9-12(10-8-11)13(5-2)6-3/h5-10H,2-4H2,1H3. The van der Waals surface area contributed by atoms with E-state index in [1.807, 2.05) is 4.90 Å². The average Bonchev–Trinajstić information content (AvgIpc) is 2.21. The monoisotopic (exact) mass is 173 g/mol. The molecule has 1 heteroatoms. The minimum Gasteiger partial charge on any atom is -0.325 e. The van der Waals surface area contributed by atoms with Crippen molar-refractivity contribution in [1.82, 2.24) is 0 Å². The van der Waals surface area contributed by atoms with Gasteiger partial charge in [0.2, 0.25) is 0 Å². The van der Waals surface area contributed by atoms with E-state index in [4.69, 9.17) is 0 Å². The fourth-order valence-corrected chi connectivity index (χ4v) is 1.19. The van der Waals surface area contributed by atoms with Gasteiger partial charge in [-0.25, -0.2) is 0 Å². The normalized spacial score (nSPS) is 9.31. The highest BCUT2D eigenvalue weighted by molar-refractivity contribution is 5.52. The minimum absolute atomic E-state index is 1.07. The van der Waals surface area contributed by atoms with Crippen molar-refractivity contribution in [3.63, 3.8) is 0 Å². The molecule has 0 unspecified atom stereocenters. The van der Waals surface area contributed by atoms with Crippen molar-refractivity contribution < 1.29 is 0 Å². The molecule has 0 N–H and O–H groups in total. The molecule has 0 aliphatic heterocycles. The summed E-state index contributed by atoms with van der Waals surface area (Å²) in [7, 11) is 0. The van der Waals surface area contributed by atoms with E-state index >= 15 is 0 Å². The second kappa shape index (κ2) is 4.51. The Balaban J connectivity index is 2.90. The summed E-state index contributed by atoms with van der Waals surface area (Å²) in [6.07, 6.45) is 4.56. The van der Waals surface area contributed by atoms with Crippen LogP contribution in [0, 0.1) is 0 Å². The van der Waals surface area contributed by atoms with Gasteiger partial charge >= 0.3 is 0 Å². The summed E-state index contributed by atoms with van der Waals surface area (Å²) in [5.74, 6) is 0. The molecular weight excluding hydrogens is 158 g/mol. The molecule has 1 aromatic carbocycles. The largest absolute Gasteiger partial charge is 0.325 e. The molecule has 0 fully saturated rings. The lowest BCUT2D eigenvalue weighted by Gasteiger charge is -2.14. The van der Waals surface area contributed by atoms with Gasteiger partial charge in [-0.2, -0.15) is 0 Å². The SMILES string of the molecule is C=CN(C=C)c1ccc(CC)cc1. The summed E-state index contributed by atoms with van der Waals surface area (Å²) in [5.41, 5.74) is 2.44. The van der Waals surface area contributed by atoms with Crippen molar-refractivity contribution in [3.05, 3.63) is 55.4 Å². The van der Waals surface area contributed by atoms with Gasteiger partial charge in [-0.3, -0.25) is 0 Å². The fourth-order valence-electron chi connectivity index (χ4n) is 1.19. The molecule has 1 rings (SSSR count).